The molecule has 0 aromatic carbocycles. The van der Waals surface area contributed by atoms with E-state index in [4.69, 9.17) is 17.3 Å². The molecule has 1 heterocycles. The van der Waals surface area contributed by atoms with E-state index in [9.17, 15) is 14.9 Å². The summed E-state index contributed by atoms with van der Waals surface area (Å²) in [7, 11) is 0. The molecule has 1 aromatic rings. The van der Waals surface area contributed by atoms with Gasteiger partial charge in [0.2, 0.25) is 5.15 Å². The lowest BCUT2D eigenvalue weighted by Gasteiger charge is -1.96. The second-order valence-corrected chi connectivity index (χ2v) is 2.51. The maximum absolute atomic E-state index is 10.6. The van der Waals surface area contributed by atoms with Crippen molar-refractivity contribution in [1.82, 2.24) is 4.98 Å². The van der Waals surface area contributed by atoms with Crippen LogP contribution in [0, 0.1) is 10.1 Å². The molecule has 0 unspecified atom stereocenters. The van der Waals surface area contributed by atoms with Gasteiger partial charge in [-0.3, -0.25) is 14.9 Å². The van der Waals surface area contributed by atoms with E-state index in [1.54, 1.807) is 0 Å². The fourth-order valence-electron chi connectivity index (χ4n) is 0.699. The second-order valence-electron chi connectivity index (χ2n) is 2.16. The lowest BCUT2D eigenvalue weighted by atomic mass is 10.2. The predicted octanol–water partition coefficient (Wildman–Crippen LogP) is 0.742. The van der Waals surface area contributed by atoms with Crippen molar-refractivity contribution in [3.63, 3.8) is 0 Å². The Labute approximate surface area is 77.5 Å². The first-order chi connectivity index (χ1) is 6.02. The van der Waals surface area contributed by atoms with E-state index in [0.717, 1.165) is 12.3 Å². The van der Waals surface area contributed by atoms with Crippen molar-refractivity contribution in [2.24, 2.45) is 5.73 Å². The molecule has 0 aliphatic heterocycles. The van der Waals surface area contributed by atoms with E-state index >= 15 is 0 Å². The largest absolute Gasteiger partial charge is 0.366 e. The number of carbonyl (C=O) groups is 1. The molecular weight excluding hydrogens is 198 g/mol. The molecule has 0 fully saturated rings. The normalized spacial score (nSPS) is 9.62. The highest BCUT2D eigenvalue weighted by Crippen LogP contribution is 2.21. The van der Waals surface area contributed by atoms with Gasteiger partial charge in [-0.15, -0.1) is 0 Å². The van der Waals surface area contributed by atoms with E-state index in [1.165, 1.54) is 0 Å². The van der Waals surface area contributed by atoms with E-state index in [1.807, 2.05) is 0 Å². The van der Waals surface area contributed by atoms with Gasteiger partial charge in [0.05, 0.1) is 10.5 Å². The van der Waals surface area contributed by atoms with Crippen molar-refractivity contribution in [3.8, 4) is 0 Å². The zero-order valence-corrected chi connectivity index (χ0v) is 6.99. The fraction of sp³-hybridized carbons (Fsp3) is 0. The summed E-state index contributed by atoms with van der Waals surface area (Å²) in [6.45, 7) is 0. The van der Waals surface area contributed by atoms with Crippen molar-refractivity contribution in [1.29, 1.82) is 0 Å². The summed E-state index contributed by atoms with van der Waals surface area (Å²) in [6, 6.07) is 0.984. The topological polar surface area (TPSA) is 99.1 Å². The Morgan fingerprint density at radius 2 is 2.31 bits per heavy atom. The number of hydrogen-bond donors (Lipinski definition) is 1. The molecule has 7 heteroatoms. The highest BCUT2D eigenvalue weighted by atomic mass is 35.5. The van der Waals surface area contributed by atoms with Crippen LogP contribution < -0.4 is 5.73 Å². The number of hydrogen-bond acceptors (Lipinski definition) is 4. The number of carbonyl (C=O) groups excluding carboxylic acids is 1. The highest BCUT2D eigenvalue weighted by molar-refractivity contribution is 6.31. The first kappa shape index (κ1) is 9.40. The van der Waals surface area contributed by atoms with Crippen molar-refractivity contribution in [3.05, 3.63) is 33.1 Å². The van der Waals surface area contributed by atoms with Crippen LogP contribution in [0.1, 0.15) is 10.4 Å². The second kappa shape index (κ2) is 3.36. The van der Waals surface area contributed by atoms with Crippen LogP contribution in [0.2, 0.25) is 5.15 Å². The van der Waals surface area contributed by atoms with E-state index < -0.39 is 16.5 Å². The minimum Gasteiger partial charge on any atom is -0.366 e. The molecule has 6 nitrogen and oxygen atoms in total. The average Bonchev–Trinajstić information content (AvgIpc) is 2.04. The van der Waals surface area contributed by atoms with Crippen molar-refractivity contribution in [2.45, 2.75) is 0 Å². The van der Waals surface area contributed by atoms with Gasteiger partial charge < -0.3 is 5.73 Å². The molecule has 0 aliphatic rings. The Morgan fingerprint density at radius 3 is 2.77 bits per heavy atom. The predicted molar refractivity (Wildman–Crippen MR) is 44.4 cm³/mol. The molecule has 2 N–H and O–H groups in total. The molecule has 13 heavy (non-hydrogen) atoms. The SMILES string of the molecule is NC(=O)c1cnc(Cl)c([N+](=O)[O-])c1. The maximum atomic E-state index is 10.6. The number of nitrogens with two attached hydrogens (primary N) is 1. The summed E-state index contributed by atoms with van der Waals surface area (Å²) in [5.74, 6) is -0.785. The number of nitrogens with zero attached hydrogens (tertiary/aromatic N) is 2. The first-order valence-corrected chi connectivity index (χ1v) is 3.50. The number of primary amides is 1. The van der Waals surface area contributed by atoms with Crippen molar-refractivity contribution >= 4 is 23.2 Å². The molecule has 0 radical (unpaired) electrons. The van der Waals surface area contributed by atoms with Crippen LogP contribution in [-0.2, 0) is 0 Å². The number of pyridine rings is 1. The fourth-order valence-corrected chi connectivity index (χ4v) is 0.872. The van der Waals surface area contributed by atoms with Gasteiger partial charge in [-0.25, -0.2) is 4.98 Å². The van der Waals surface area contributed by atoms with Crippen LogP contribution in [0.15, 0.2) is 12.3 Å². The summed E-state index contributed by atoms with van der Waals surface area (Å²) < 4.78 is 0. The maximum Gasteiger partial charge on any atom is 0.307 e. The Hall–Kier alpha value is -1.69. The van der Waals surface area contributed by atoms with Crippen LogP contribution in [0.25, 0.3) is 0 Å². The van der Waals surface area contributed by atoms with Crippen LogP contribution in [-0.4, -0.2) is 15.8 Å². The van der Waals surface area contributed by atoms with Crippen LogP contribution >= 0.6 is 11.6 Å². The van der Waals surface area contributed by atoms with Gasteiger partial charge in [0.25, 0.3) is 5.91 Å². The van der Waals surface area contributed by atoms with Gasteiger partial charge in [-0.1, -0.05) is 11.6 Å². The average molecular weight is 202 g/mol. The monoisotopic (exact) mass is 201 g/mol. The highest BCUT2D eigenvalue weighted by Gasteiger charge is 2.15. The Balaban J connectivity index is 3.27. The third kappa shape index (κ3) is 1.91. The molecule has 0 atom stereocenters. The van der Waals surface area contributed by atoms with Crippen LogP contribution in [0.4, 0.5) is 5.69 Å². The molecule has 68 valence electrons. The molecule has 0 saturated heterocycles. The molecule has 1 aromatic heterocycles. The summed E-state index contributed by atoms with van der Waals surface area (Å²) in [6.07, 6.45) is 1.08. The minimum absolute atomic E-state index is 0.0453. The van der Waals surface area contributed by atoms with Crippen molar-refractivity contribution in [2.75, 3.05) is 0 Å². The van der Waals surface area contributed by atoms with Gasteiger partial charge in [0.1, 0.15) is 0 Å². The van der Waals surface area contributed by atoms with Crippen LogP contribution in [0.5, 0.6) is 0 Å². The molecule has 0 aliphatic carbocycles. The van der Waals surface area contributed by atoms with Gasteiger partial charge >= 0.3 is 5.69 Å². The van der Waals surface area contributed by atoms with E-state index in [2.05, 4.69) is 4.98 Å². The summed E-state index contributed by atoms with van der Waals surface area (Å²) in [5.41, 5.74) is 4.41. The molecular formula is C6H4ClN3O3. The smallest absolute Gasteiger partial charge is 0.307 e. The summed E-state index contributed by atoms with van der Waals surface area (Å²) >= 11 is 5.39. The zero-order valence-electron chi connectivity index (χ0n) is 6.23. The molecule has 0 saturated carbocycles. The van der Waals surface area contributed by atoms with Crippen molar-refractivity contribution < 1.29 is 9.72 Å². The number of aromatic nitrogens is 1. The molecule has 0 bridgehead atoms. The van der Waals surface area contributed by atoms with E-state index in [0.29, 0.717) is 0 Å². The van der Waals surface area contributed by atoms with E-state index in [-0.39, 0.29) is 10.7 Å². The Kier molecular flexibility index (Phi) is 2.43. The Bertz CT molecular complexity index is 379. The molecule has 1 amide bonds. The lowest BCUT2D eigenvalue weighted by Crippen LogP contribution is -2.11. The quantitative estimate of drug-likeness (QED) is 0.433. The Morgan fingerprint density at radius 1 is 1.69 bits per heavy atom. The number of nitro groups is 1. The molecule has 0 spiro atoms. The van der Waals surface area contributed by atoms with Gasteiger partial charge in [0.15, 0.2) is 0 Å². The standard InChI is InChI=1S/C6H4ClN3O3/c7-5-4(10(12)13)1-3(2-9-5)6(8)11/h1-2H,(H2,8,11). The van der Waals surface area contributed by atoms with Crippen LogP contribution in [0.3, 0.4) is 0 Å². The summed E-state index contributed by atoms with van der Waals surface area (Å²) in [5, 5.41) is 10.1. The third-order valence-corrected chi connectivity index (χ3v) is 1.59. The van der Waals surface area contributed by atoms with Gasteiger partial charge in [0, 0.05) is 12.3 Å². The van der Waals surface area contributed by atoms with Gasteiger partial charge in [-0.2, -0.15) is 0 Å². The third-order valence-electron chi connectivity index (χ3n) is 1.30. The summed E-state index contributed by atoms with van der Waals surface area (Å²) in [4.78, 5) is 23.6. The number of halogens is 1. The number of amides is 1. The lowest BCUT2D eigenvalue weighted by molar-refractivity contribution is -0.385. The number of rotatable bonds is 2. The van der Waals surface area contributed by atoms with Gasteiger partial charge in [-0.05, 0) is 0 Å². The molecule has 1 rings (SSSR count). The first-order valence-electron chi connectivity index (χ1n) is 3.12. The minimum atomic E-state index is -0.785. The zero-order chi connectivity index (χ0) is 10.0.